The Hall–Kier alpha value is -0.120. The lowest BCUT2D eigenvalue weighted by atomic mass is 9.97. The van der Waals surface area contributed by atoms with Gasteiger partial charge in [-0.2, -0.15) is 0 Å². The van der Waals surface area contributed by atoms with Crippen molar-refractivity contribution in [1.29, 1.82) is 0 Å². The summed E-state index contributed by atoms with van der Waals surface area (Å²) in [5.41, 5.74) is 0. The molecule has 3 heteroatoms. The lowest BCUT2D eigenvalue weighted by Crippen LogP contribution is -2.51. The summed E-state index contributed by atoms with van der Waals surface area (Å²) in [5, 5.41) is 13.5. The van der Waals surface area contributed by atoms with E-state index in [2.05, 4.69) is 24.1 Å². The molecular weight excluding hydrogens is 200 g/mol. The van der Waals surface area contributed by atoms with E-state index in [0.717, 1.165) is 12.8 Å². The Balaban J connectivity index is 1.79. The van der Waals surface area contributed by atoms with Crippen molar-refractivity contribution in [3.63, 3.8) is 0 Å². The zero-order valence-corrected chi connectivity index (χ0v) is 10.7. The Morgan fingerprint density at radius 1 is 1.31 bits per heavy atom. The van der Waals surface area contributed by atoms with E-state index in [1.54, 1.807) is 0 Å². The summed E-state index contributed by atoms with van der Waals surface area (Å²) in [6.45, 7) is 6.94. The van der Waals surface area contributed by atoms with Gasteiger partial charge in [-0.25, -0.2) is 0 Å². The van der Waals surface area contributed by atoms with Crippen molar-refractivity contribution in [1.82, 2.24) is 10.2 Å². The Morgan fingerprint density at radius 3 is 2.69 bits per heavy atom. The first-order chi connectivity index (χ1) is 7.70. The van der Waals surface area contributed by atoms with Gasteiger partial charge in [0.2, 0.25) is 0 Å². The van der Waals surface area contributed by atoms with Crippen LogP contribution in [0.1, 0.15) is 46.0 Å². The Kier molecular flexibility index (Phi) is 4.22. The summed E-state index contributed by atoms with van der Waals surface area (Å²) in [5.74, 6) is 0. The molecule has 2 aliphatic rings. The highest BCUT2D eigenvalue weighted by atomic mass is 16.3. The smallest absolute Gasteiger partial charge is 0.0693 e. The van der Waals surface area contributed by atoms with Crippen LogP contribution in [0.3, 0.4) is 0 Å². The summed E-state index contributed by atoms with van der Waals surface area (Å²) < 4.78 is 0. The molecule has 0 bridgehead atoms. The number of hydrogen-bond donors (Lipinski definition) is 2. The first-order valence-electron chi connectivity index (χ1n) is 6.89. The molecule has 16 heavy (non-hydrogen) atoms. The van der Waals surface area contributed by atoms with E-state index in [1.165, 1.54) is 32.4 Å². The second kappa shape index (κ2) is 5.48. The molecule has 1 aliphatic carbocycles. The highest BCUT2D eigenvalue weighted by molar-refractivity contribution is 4.89. The molecule has 0 amide bonds. The van der Waals surface area contributed by atoms with Crippen LogP contribution in [-0.4, -0.2) is 47.3 Å². The van der Waals surface area contributed by atoms with Gasteiger partial charge in [0.15, 0.2) is 0 Å². The van der Waals surface area contributed by atoms with Gasteiger partial charge in [-0.1, -0.05) is 6.92 Å². The van der Waals surface area contributed by atoms with Crippen molar-refractivity contribution in [2.45, 2.75) is 70.2 Å². The Labute approximate surface area is 99.2 Å². The molecule has 1 aliphatic heterocycles. The number of nitrogens with zero attached hydrogens (tertiary/aromatic N) is 1. The fourth-order valence-corrected chi connectivity index (χ4v) is 3.28. The van der Waals surface area contributed by atoms with Crippen LogP contribution in [0.15, 0.2) is 0 Å². The Bertz CT molecular complexity index is 222. The molecule has 2 N–H and O–H groups in total. The first kappa shape index (κ1) is 12.3. The van der Waals surface area contributed by atoms with Crippen LogP contribution in [0.5, 0.6) is 0 Å². The van der Waals surface area contributed by atoms with Gasteiger partial charge in [0.1, 0.15) is 0 Å². The van der Waals surface area contributed by atoms with Crippen LogP contribution in [0.25, 0.3) is 0 Å². The van der Waals surface area contributed by atoms with Crippen LogP contribution in [0.2, 0.25) is 0 Å². The average Bonchev–Trinajstić information content (AvgIpc) is 2.65. The van der Waals surface area contributed by atoms with Crippen LogP contribution in [-0.2, 0) is 0 Å². The van der Waals surface area contributed by atoms with Gasteiger partial charge in [-0.3, -0.25) is 0 Å². The van der Waals surface area contributed by atoms with Crippen LogP contribution in [0, 0.1) is 0 Å². The standard InChI is InChI=1S/C13H26N2O/c1-3-15-8-7-11(9-10(15)2)14-12-5-4-6-13(12)16/h10-14,16H,3-9H2,1-2H3. The number of piperidine rings is 1. The molecule has 1 saturated heterocycles. The maximum atomic E-state index is 9.81. The van der Waals surface area contributed by atoms with E-state index in [0.29, 0.717) is 18.1 Å². The molecule has 0 aromatic rings. The topological polar surface area (TPSA) is 35.5 Å². The predicted molar refractivity (Wildman–Crippen MR) is 66.5 cm³/mol. The maximum absolute atomic E-state index is 9.81. The fraction of sp³-hybridized carbons (Fsp3) is 1.00. The predicted octanol–water partition coefficient (Wildman–Crippen LogP) is 1.36. The van der Waals surface area contributed by atoms with E-state index in [9.17, 15) is 5.11 Å². The van der Waals surface area contributed by atoms with Crippen molar-refractivity contribution in [3.8, 4) is 0 Å². The SMILES string of the molecule is CCN1CCC(NC2CCCC2O)CC1C. The quantitative estimate of drug-likeness (QED) is 0.763. The largest absolute Gasteiger partial charge is 0.392 e. The number of aliphatic hydroxyl groups excluding tert-OH is 1. The second-order valence-corrected chi connectivity index (χ2v) is 5.47. The molecule has 1 saturated carbocycles. The van der Waals surface area contributed by atoms with Gasteiger partial charge in [-0.05, 0) is 52.1 Å². The van der Waals surface area contributed by atoms with E-state index in [1.807, 2.05) is 0 Å². The number of likely N-dealkylation sites (tertiary alicyclic amines) is 1. The average molecular weight is 226 g/mol. The number of hydrogen-bond acceptors (Lipinski definition) is 3. The van der Waals surface area contributed by atoms with Gasteiger partial charge in [-0.15, -0.1) is 0 Å². The van der Waals surface area contributed by atoms with Crippen molar-refractivity contribution in [2.24, 2.45) is 0 Å². The molecule has 4 unspecified atom stereocenters. The molecule has 3 nitrogen and oxygen atoms in total. The summed E-state index contributed by atoms with van der Waals surface area (Å²) in [4.78, 5) is 2.54. The molecule has 1 heterocycles. The van der Waals surface area contributed by atoms with E-state index < -0.39 is 0 Å². The van der Waals surface area contributed by atoms with Gasteiger partial charge in [0, 0.05) is 18.1 Å². The maximum Gasteiger partial charge on any atom is 0.0693 e. The van der Waals surface area contributed by atoms with Crippen molar-refractivity contribution < 1.29 is 5.11 Å². The normalized spacial score (nSPS) is 41.4. The third-order valence-corrected chi connectivity index (χ3v) is 4.35. The van der Waals surface area contributed by atoms with Gasteiger partial charge in [0.05, 0.1) is 6.10 Å². The van der Waals surface area contributed by atoms with Crippen LogP contribution in [0.4, 0.5) is 0 Å². The first-order valence-corrected chi connectivity index (χ1v) is 6.89. The molecule has 2 fully saturated rings. The number of aliphatic hydroxyl groups is 1. The van der Waals surface area contributed by atoms with Crippen molar-refractivity contribution in [3.05, 3.63) is 0 Å². The minimum absolute atomic E-state index is 0.0977. The summed E-state index contributed by atoms with van der Waals surface area (Å²) in [6, 6.07) is 1.68. The van der Waals surface area contributed by atoms with Crippen molar-refractivity contribution >= 4 is 0 Å². The van der Waals surface area contributed by atoms with Crippen LogP contribution >= 0.6 is 0 Å². The van der Waals surface area contributed by atoms with Crippen LogP contribution < -0.4 is 5.32 Å². The minimum atomic E-state index is -0.0977. The second-order valence-electron chi connectivity index (χ2n) is 5.47. The van der Waals surface area contributed by atoms with E-state index in [4.69, 9.17) is 0 Å². The van der Waals surface area contributed by atoms with Gasteiger partial charge in [0.25, 0.3) is 0 Å². The molecular formula is C13H26N2O. The lowest BCUT2D eigenvalue weighted by Gasteiger charge is -2.38. The van der Waals surface area contributed by atoms with Gasteiger partial charge >= 0.3 is 0 Å². The molecule has 0 radical (unpaired) electrons. The van der Waals surface area contributed by atoms with E-state index in [-0.39, 0.29) is 6.10 Å². The third kappa shape index (κ3) is 2.76. The molecule has 0 spiro atoms. The molecule has 94 valence electrons. The zero-order valence-electron chi connectivity index (χ0n) is 10.7. The highest BCUT2D eigenvalue weighted by Crippen LogP contribution is 2.23. The third-order valence-electron chi connectivity index (χ3n) is 4.35. The van der Waals surface area contributed by atoms with Crippen molar-refractivity contribution in [2.75, 3.05) is 13.1 Å². The Morgan fingerprint density at radius 2 is 2.12 bits per heavy atom. The molecule has 0 aromatic heterocycles. The fourth-order valence-electron chi connectivity index (χ4n) is 3.28. The summed E-state index contributed by atoms with van der Waals surface area (Å²) in [7, 11) is 0. The molecule has 4 atom stereocenters. The number of nitrogens with one attached hydrogen (secondary N) is 1. The molecule has 2 rings (SSSR count). The van der Waals surface area contributed by atoms with E-state index >= 15 is 0 Å². The monoisotopic (exact) mass is 226 g/mol. The highest BCUT2D eigenvalue weighted by Gasteiger charge is 2.30. The lowest BCUT2D eigenvalue weighted by molar-refractivity contribution is 0.108. The minimum Gasteiger partial charge on any atom is -0.392 e. The molecule has 0 aromatic carbocycles. The summed E-state index contributed by atoms with van der Waals surface area (Å²) >= 11 is 0. The zero-order chi connectivity index (χ0) is 11.5. The summed E-state index contributed by atoms with van der Waals surface area (Å²) in [6.07, 6.45) is 5.70. The number of rotatable bonds is 3. The van der Waals surface area contributed by atoms with Gasteiger partial charge < -0.3 is 15.3 Å².